The predicted octanol–water partition coefficient (Wildman–Crippen LogP) is 2.66. The molecular formula is C19H20N4O6. The van der Waals surface area contributed by atoms with E-state index in [1.165, 1.54) is 0 Å². The third kappa shape index (κ3) is 4.26. The highest BCUT2D eigenvalue weighted by Gasteiger charge is 2.27. The summed E-state index contributed by atoms with van der Waals surface area (Å²) in [7, 11) is 0. The normalized spacial score (nSPS) is 12.8. The molecule has 10 nitrogen and oxygen atoms in total. The van der Waals surface area contributed by atoms with Gasteiger partial charge in [0, 0.05) is 27.7 Å². The minimum Gasteiger partial charge on any atom is -0.507 e. The summed E-state index contributed by atoms with van der Waals surface area (Å²) in [4.78, 5) is 0. The lowest BCUT2D eigenvalue weighted by molar-refractivity contribution is 0.321. The van der Waals surface area contributed by atoms with Crippen LogP contribution >= 0.6 is 0 Å². The number of rotatable bonds is 6. The molecule has 0 heterocycles. The number of phenols is 2. The zero-order chi connectivity index (χ0) is 21.6. The number of hydrogen-bond donors (Lipinski definition) is 6. The van der Waals surface area contributed by atoms with E-state index in [-0.39, 0.29) is 33.8 Å². The highest BCUT2D eigenvalue weighted by Crippen LogP contribution is 2.37. The third-order valence-electron chi connectivity index (χ3n) is 4.57. The zero-order valence-corrected chi connectivity index (χ0v) is 15.6. The van der Waals surface area contributed by atoms with Crippen molar-refractivity contribution in [3.05, 3.63) is 57.6 Å². The van der Waals surface area contributed by atoms with Gasteiger partial charge in [0.15, 0.2) is 0 Å². The number of benzene rings is 2. The summed E-state index contributed by atoms with van der Waals surface area (Å²) in [5, 5.41) is 67.7. The van der Waals surface area contributed by atoms with Gasteiger partial charge in [-0.3, -0.25) is 0 Å². The van der Waals surface area contributed by atoms with Crippen molar-refractivity contribution in [2.24, 2.45) is 20.6 Å². The molecule has 29 heavy (non-hydrogen) atoms. The minimum absolute atomic E-state index is 0.182. The van der Waals surface area contributed by atoms with Crippen LogP contribution in [0.1, 0.15) is 47.2 Å². The molecule has 152 valence electrons. The molecule has 0 saturated heterocycles. The van der Waals surface area contributed by atoms with E-state index >= 15 is 0 Å². The number of nitrogens with zero attached hydrogens (tertiary/aromatic N) is 4. The van der Waals surface area contributed by atoms with E-state index in [1.54, 1.807) is 24.3 Å². The van der Waals surface area contributed by atoms with Crippen LogP contribution in [0.15, 0.2) is 44.9 Å². The summed E-state index contributed by atoms with van der Waals surface area (Å²) in [5.41, 5.74) is 1.21. The summed E-state index contributed by atoms with van der Waals surface area (Å²) in [5.74, 6) is -0.487. The third-order valence-corrected chi connectivity index (χ3v) is 4.57. The van der Waals surface area contributed by atoms with Crippen molar-refractivity contribution in [2.75, 3.05) is 0 Å². The van der Waals surface area contributed by atoms with Crippen LogP contribution in [0.2, 0.25) is 0 Å². The Bertz CT molecular complexity index is 866. The fourth-order valence-electron chi connectivity index (χ4n) is 2.89. The Balaban J connectivity index is 2.78. The summed E-state index contributed by atoms with van der Waals surface area (Å²) >= 11 is 0. The molecule has 0 aliphatic rings. The van der Waals surface area contributed by atoms with Crippen LogP contribution in [0.3, 0.4) is 0 Å². The molecule has 0 amide bonds. The molecule has 0 radical (unpaired) electrons. The van der Waals surface area contributed by atoms with Gasteiger partial charge < -0.3 is 31.0 Å². The fraction of sp³-hybridized carbons (Fsp3) is 0.158. The van der Waals surface area contributed by atoms with Crippen molar-refractivity contribution < 1.29 is 31.0 Å². The molecular weight excluding hydrogens is 380 g/mol. The molecule has 6 N–H and O–H groups in total. The van der Waals surface area contributed by atoms with Gasteiger partial charge in [0.2, 0.25) is 0 Å². The van der Waals surface area contributed by atoms with E-state index in [2.05, 4.69) is 20.6 Å². The van der Waals surface area contributed by atoms with E-state index in [1.807, 2.05) is 13.8 Å². The molecule has 0 aromatic heterocycles. The van der Waals surface area contributed by atoms with Crippen molar-refractivity contribution in [1.29, 1.82) is 0 Å². The highest BCUT2D eigenvalue weighted by molar-refractivity contribution is 5.93. The average molecular weight is 400 g/mol. The van der Waals surface area contributed by atoms with Crippen LogP contribution < -0.4 is 0 Å². The lowest BCUT2D eigenvalue weighted by Gasteiger charge is -2.28. The van der Waals surface area contributed by atoms with Gasteiger partial charge in [0.25, 0.3) is 0 Å². The Kier molecular flexibility index (Phi) is 6.40. The molecule has 0 spiro atoms. The van der Waals surface area contributed by atoms with Crippen LogP contribution in [0.25, 0.3) is 0 Å². The monoisotopic (exact) mass is 400 g/mol. The second kappa shape index (κ2) is 8.74. The lowest BCUT2D eigenvalue weighted by Crippen LogP contribution is -2.20. The average Bonchev–Trinajstić information content (AvgIpc) is 2.68. The number of aromatic hydroxyl groups is 2. The van der Waals surface area contributed by atoms with Crippen molar-refractivity contribution in [1.82, 2.24) is 0 Å². The second-order valence-corrected chi connectivity index (χ2v) is 6.61. The SMILES string of the molecule is CC(C)(c1cc(C=NO)c(O)c(C=NO)c1)c1cc(C=NO)c(O)c(C=NO)c1. The van der Waals surface area contributed by atoms with Crippen LogP contribution in [-0.4, -0.2) is 55.9 Å². The molecule has 0 aliphatic carbocycles. The van der Waals surface area contributed by atoms with Crippen molar-refractivity contribution in [3.8, 4) is 11.5 Å². The van der Waals surface area contributed by atoms with Gasteiger partial charge in [-0.15, -0.1) is 0 Å². The van der Waals surface area contributed by atoms with Gasteiger partial charge in [0.1, 0.15) is 11.5 Å². The quantitative estimate of drug-likeness (QED) is 0.247. The largest absolute Gasteiger partial charge is 0.507 e. The first kappa shape index (κ1) is 21.2. The molecule has 0 unspecified atom stereocenters. The standard InChI is InChI=1S/C19H20N4O6/c1-19(2,15-3-11(7-20-26)17(24)12(4-15)8-21-27)16-5-13(9-22-28)18(25)14(6-16)10-23-29/h3-10,24-29H,1-2H3. The van der Waals surface area contributed by atoms with Crippen LogP contribution in [0, 0.1) is 0 Å². The van der Waals surface area contributed by atoms with E-state index in [9.17, 15) is 10.2 Å². The Morgan fingerprint density at radius 2 is 0.828 bits per heavy atom. The topological polar surface area (TPSA) is 171 Å². The molecule has 0 fully saturated rings. The maximum atomic E-state index is 10.2. The van der Waals surface area contributed by atoms with Gasteiger partial charge in [-0.05, 0) is 35.4 Å². The molecule has 0 aliphatic heterocycles. The second-order valence-electron chi connectivity index (χ2n) is 6.61. The van der Waals surface area contributed by atoms with E-state index in [4.69, 9.17) is 20.8 Å². The number of hydrogen-bond acceptors (Lipinski definition) is 10. The van der Waals surface area contributed by atoms with E-state index < -0.39 is 5.41 Å². The van der Waals surface area contributed by atoms with Gasteiger partial charge in [-0.25, -0.2) is 0 Å². The van der Waals surface area contributed by atoms with Gasteiger partial charge >= 0.3 is 0 Å². The van der Waals surface area contributed by atoms with Gasteiger partial charge in [0.05, 0.1) is 24.9 Å². The Morgan fingerprint density at radius 1 is 0.586 bits per heavy atom. The maximum Gasteiger partial charge on any atom is 0.133 e. The first-order valence-electron chi connectivity index (χ1n) is 8.24. The smallest absolute Gasteiger partial charge is 0.133 e. The molecule has 2 aromatic rings. The van der Waals surface area contributed by atoms with Crippen molar-refractivity contribution >= 4 is 24.9 Å². The van der Waals surface area contributed by atoms with Crippen molar-refractivity contribution in [3.63, 3.8) is 0 Å². The van der Waals surface area contributed by atoms with Gasteiger partial charge in [-0.2, -0.15) is 0 Å². The first-order valence-corrected chi connectivity index (χ1v) is 8.24. The summed E-state index contributed by atoms with van der Waals surface area (Å²) in [6.45, 7) is 3.68. The molecule has 0 saturated carbocycles. The van der Waals surface area contributed by atoms with Crippen LogP contribution in [0.4, 0.5) is 0 Å². The first-order chi connectivity index (χ1) is 13.8. The number of oxime groups is 4. The molecule has 2 rings (SSSR count). The predicted molar refractivity (Wildman–Crippen MR) is 106 cm³/mol. The maximum absolute atomic E-state index is 10.2. The summed E-state index contributed by atoms with van der Waals surface area (Å²) in [6.07, 6.45) is 4.14. The number of phenolic OH excluding ortho intramolecular Hbond substituents is 2. The fourth-order valence-corrected chi connectivity index (χ4v) is 2.89. The molecule has 0 atom stereocenters. The Morgan fingerprint density at radius 3 is 1.03 bits per heavy atom. The van der Waals surface area contributed by atoms with Crippen LogP contribution in [0.5, 0.6) is 11.5 Å². The zero-order valence-electron chi connectivity index (χ0n) is 15.6. The van der Waals surface area contributed by atoms with Crippen molar-refractivity contribution in [2.45, 2.75) is 19.3 Å². The summed E-state index contributed by atoms with van der Waals surface area (Å²) in [6, 6.07) is 6.32. The lowest BCUT2D eigenvalue weighted by atomic mass is 9.76. The molecule has 0 bridgehead atoms. The van der Waals surface area contributed by atoms with Gasteiger partial charge in [-0.1, -0.05) is 34.5 Å². The highest BCUT2D eigenvalue weighted by atomic mass is 16.4. The summed E-state index contributed by atoms with van der Waals surface area (Å²) < 4.78 is 0. The molecule has 2 aromatic carbocycles. The van der Waals surface area contributed by atoms with Crippen LogP contribution in [-0.2, 0) is 5.41 Å². The minimum atomic E-state index is -0.770. The van der Waals surface area contributed by atoms with E-state index in [0.29, 0.717) is 11.1 Å². The van der Waals surface area contributed by atoms with E-state index in [0.717, 1.165) is 24.9 Å². The Labute approximate surface area is 165 Å². The Hall–Kier alpha value is -4.08. The molecule has 10 heteroatoms.